The number of benzene rings is 1. The van der Waals surface area contributed by atoms with Crippen LogP contribution in [0, 0.1) is 5.92 Å². The van der Waals surface area contributed by atoms with E-state index >= 15 is 0 Å². The average molecular weight is 325 g/mol. The van der Waals surface area contributed by atoms with Crippen LogP contribution in [0.4, 0.5) is 0 Å². The topological polar surface area (TPSA) is 66.8 Å². The van der Waals surface area contributed by atoms with Crippen molar-refractivity contribution in [3.63, 3.8) is 0 Å². The van der Waals surface area contributed by atoms with E-state index in [1.165, 1.54) is 6.08 Å². The molecular formula is C16H18ClNO4. The molecule has 5 nitrogen and oxygen atoms in total. The van der Waals surface area contributed by atoms with Gasteiger partial charge in [0.2, 0.25) is 0 Å². The largest absolute Gasteiger partial charge is 0.480 e. The summed E-state index contributed by atoms with van der Waals surface area (Å²) in [7, 11) is 0. The van der Waals surface area contributed by atoms with Crippen molar-refractivity contribution < 1.29 is 20.8 Å². The van der Waals surface area contributed by atoms with Crippen LogP contribution in [-0.2, 0) is 9.59 Å². The summed E-state index contributed by atoms with van der Waals surface area (Å²) in [6, 6.07) is 4.76. The summed E-state index contributed by atoms with van der Waals surface area (Å²) >= 11 is 6.00. The second-order valence-corrected chi connectivity index (χ2v) is 5.82. The zero-order chi connectivity index (χ0) is 17.2. The average Bonchev–Trinajstić information content (AvgIpc) is 2.82. The zero-order valence-electron chi connectivity index (χ0n) is 13.4. The molecule has 118 valence electrons. The number of hydrogen-bond acceptors (Lipinski definition) is 3. The molecule has 0 aromatic heterocycles. The number of carbonyl (C=O) groups excluding carboxylic acids is 1. The Morgan fingerprint density at radius 3 is 2.77 bits per heavy atom. The van der Waals surface area contributed by atoms with Crippen molar-refractivity contribution in [2.24, 2.45) is 5.92 Å². The summed E-state index contributed by atoms with van der Waals surface area (Å²) < 4.78 is 13.8. The van der Waals surface area contributed by atoms with Gasteiger partial charge in [-0.3, -0.25) is 4.79 Å². The Kier molecular flexibility index (Phi) is 4.63. The van der Waals surface area contributed by atoms with Gasteiger partial charge < -0.3 is 14.7 Å². The van der Waals surface area contributed by atoms with Crippen LogP contribution in [0.2, 0.25) is 5.02 Å². The fourth-order valence-corrected chi connectivity index (χ4v) is 2.33. The highest BCUT2D eigenvalue weighted by atomic mass is 35.5. The lowest BCUT2D eigenvalue weighted by atomic mass is 10.0. The predicted octanol–water partition coefficient (Wildman–Crippen LogP) is 2.94. The molecule has 1 aromatic carbocycles. The minimum absolute atomic E-state index is 0.0291. The maximum Gasteiger partial charge on any atom is 0.326 e. The third-order valence-electron chi connectivity index (χ3n) is 3.12. The van der Waals surface area contributed by atoms with Crippen molar-refractivity contribution in [2.75, 3.05) is 6.54 Å². The van der Waals surface area contributed by atoms with Crippen LogP contribution in [0.5, 0.6) is 5.75 Å². The summed E-state index contributed by atoms with van der Waals surface area (Å²) in [5.74, 6) is -1.31. The molecule has 0 spiro atoms. The van der Waals surface area contributed by atoms with Crippen molar-refractivity contribution in [1.29, 1.82) is 0 Å². The molecule has 0 saturated heterocycles. The molecule has 1 aromatic rings. The minimum Gasteiger partial charge on any atom is -0.480 e. The molecule has 0 bridgehead atoms. The minimum atomic E-state index is -2.02. The second-order valence-electron chi connectivity index (χ2n) is 5.42. The molecule has 1 aliphatic rings. The van der Waals surface area contributed by atoms with Gasteiger partial charge in [-0.2, -0.15) is 0 Å². The van der Waals surface area contributed by atoms with E-state index in [-0.39, 0.29) is 24.6 Å². The lowest BCUT2D eigenvalue weighted by molar-refractivity contribution is -0.148. The molecule has 1 heterocycles. The molecule has 1 atom stereocenters. The fraction of sp³-hybridized carbons (Fsp3) is 0.375. The summed E-state index contributed by atoms with van der Waals surface area (Å²) in [6.07, 6.45) is 1.23. The highest BCUT2D eigenvalue weighted by Crippen LogP contribution is 2.27. The molecule has 1 N–H and O–H groups in total. The second kappa shape index (κ2) is 6.83. The number of carbonyl (C=O) groups is 2. The Morgan fingerprint density at radius 2 is 2.18 bits per heavy atom. The smallest absolute Gasteiger partial charge is 0.326 e. The van der Waals surface area contributed by atoms with E-state index in [2.05, 4.69) is 0 Å². The van der Waals surface area contributed by atoms with Gasteiger partial charge in [0.25, 0.3) is 5.91 Å². The Hall–Kier alpha value is -2.01. The maximum atomic E-state index is 12.1. The number of ether oxygens (including phenoxy) is 1. The number of aliphatic carboxylic acids is 1. The number of carboxylic acid groups (broad SMARTS) is 1. The number of amides is 1. The van der Waals surface area contributed by atoms with Crippen molar-refractivity contribution >= 4 is 23.5 Å². The predicted molar refractivity (Wildman–Crippen MR) is 82.8 cm³/mol. The first-order chi connectivity index (χ1) is 10.7. The van der Waals surface area contributed by atoms with Crippen LogP contribution in [0.15, 0.2) is 36.1 Å². The molecule has 0 radical (unpaired) electrons. The molecule has 1 aliphatic heterocycles. The van der Waals surface area contributed by atoms with Crippen LogP contribution in [0.3, 0.4) is 0 Å². The van der Waals surface area contributed by atoms with Crippen LogP contribution in [0.1, 0.15) is 21.6 Å². The first-order valence-electron chi connectivity index (χ1n) is 7.42. The van der Waals surface area contributed by atoms with Crippen molar-refractivity contribution in [3.8, 4) is 5.75 Å². The third-order valence-corrected chi connectivity index (χ3v) is 3.43. The van der Waals surface area contributed by atoms with Crippen LogP contribution < -0.4 is 4.74 Å². The Morgan fingerprint density at radius 1 is 1.50 bits per heavy atom. The molecule has 2 rings (SSSR count). The van der Waals surface area contributed by atoms with E-state index in [4.69, 9.17) is 17.7 Å². The van der Waals surface area contributed by atoms with Crippen molar-refractivity contribution in [3.05, 3.63) is 41.1 Å². The van der Waals surface area contributed by atoms with E-state index in [1.807, 2.05) is 0 Å². The number of halogens is 1. The van der Waals surface area contributed by atoms with Gasteiger partial charge in [-0.25, -0.2) is 4.79 Å². The van der Waals surface area contributed by atoms with E-state index in [1.54, 1.807) is 38.1 Å². The highest BCUT2D eigenvalue weighted by Gasteiger charge is 2.34. The Balaban J connectivity index is 2.19. The maximum absolute atomic E-state index is 12.1. The summed E-state index contributed by atoms with van der Waals surface area (Å²) in [4.78, 5) is 24.7. The van der Waals surface area contributed by atoms with Gasteiger partial charge in [-0.15, -0.1) is 0 Å². The van der Waals surface area contributed by atoms with E-state index in [9.17, 15) is 14.7 Å². The molecule has 0 fully saturated rings. The van der Waals surface area contributed by atoms with E-state index in [0.29, 0.717) is 10.8 Å². The monoisotopic (exact) mass is 324 g/mol. The van der Waals surface area contributed by atoms with Gasteiger partial charge in [0.15, 0.2) is 0 Å². The summed E-state index contributed by atoms with van der Waals surface area (Å²) in [5, 5.41) is 9.80. The molecule has 22 heavy (non-hydrogen) atoms. The van der Waals surface area contributed by atoms with Crippen LogP contribution in [0.25, 0.3) is 0 Å². The van der Waals surface area contributed by atoms with Crippen LogP contribution >= 0.6 is 11.6 Å². The molecular weight excluding hydrogens is 306 g/mol. The number of rotatable bonds is 6. The molecule has 1 amide bonds. The first kappa shape index (κ1) is 14.9. The number of nitrogens with zero attached hydrogens (tertiary/aromatic N) is 1. The summed E-state index contributed by atoms with van der Waals surface area (Å²) in [6.45, 7) is 3.54. The highest BCUT2D eigenvalue weighted by molar-refractivity contribution is 6.32. The van der Waals surface area contributed by atoms with Gasteiger partial charge in [0, 0.05) is 6.08 Å². The molecule has 6 heteroatoms. The van der Waals surface area contributed by atoms with Crippen LogP contribution in [-0.4, -0.2) is 34.4 Å². The number of hydrogen-bond donors (Lipinski definition) is 1. The van der Waals surface area contributed by atoms with E-state index in [0.717, 1.165) is 4.90 Å². The van der Waals surface area contributed by atoms with Gasteiger partial charge in [0.05, 0.1) is 12.9 Å². The quantitative estimate of drug-likeness (QED) is 0.873. The standard InChI is InChI=1S/C16H18ClNO4/c1-10(2)7-13(16(20)21)18-9-11(8-15(18)19)22-14-6-4-3-5-12(14)17/h3-6,8,10,13H,7,9H2,1-2H3,(H,20,21)/i13D. The van der Waals surface area contributed by atoms with Gasteiger partial charge in [-0.05, 0) is 24.5 Å². The Labute approximate surface area is 135 Å². The normalized spacial score (nSPS) is 18.0. The third kappa shape index (κ3) is 3.80. The van der Waals surface area contributed by atoms with E-state index < -0.39 is 17.9 Å². The lowest BCUT2D eigenvalue weighted by Crippen LogP contribution is -2.43. The van der Waals surface area contributed by atoms with Gasteiger partial charge >= 0.3 is 5.97 Å². The SMILES string of the molecule is [2H]C(CC(C)C)(C(=O)O)N1CC(Oc2ccccc2Cl)=CC1=O. The fourth-order valence-electron chi connectivity index (χ4n) is 2.15. The number of carboxylic acids is 1. The molecule has 1 unspecified atom stereocenters. The molecule has 0 aliphatic carbocycles. The molecule has 0 saturated carbocycles. The van der Waals surface area contributed by atoms with Gasteiger partial charge in [0.1, 0.15) is 17.5 Å². The van der Waals surface area contributed by atoms with Crippen molar-refractivity contribution in [2.45, 2.75) is 26.3 Å². The van der Waals surface area contributed by atoms with Crippen molar-refractivity contribution in [1.82, 2.24) is 4.90 Å². The zero-order valence-corrected chi connectivity index (χ0v) is 13.1. The Bertz CT molecular complexity index is 661. The number of para-hydroxylation sites is 1. The summed E-state index contributed by atoms with van der Waals surface area (Å²) in [5.41, 5.74) is 0. The van der Waals surface area contributed by atoms with Gasteiger partial charge in [-0.1, -0.05) is 37.6 Å². The first-order valence-corrected chi connectivity index (χ1v) is 7.30. The lowest BCUT2D eigenvalue weighted by Gasteiger charge is -2.25.